The van der Waals surface area contributed by atoms with E-state index < -0.39 is 11.7 Å². The number of aryl methyl sites for hydroxylation is 3. The van der Waals surface area contributed by atoms with E-state index in [2.05, 4.69) is 5.32 Å². The molecule has 0 aliphatic heterocycles. The lowest BCUT2D eigenvalue weighted by molar-refractivity contribution is 0.102. The maximum absolute atomic E-state index is 13.5. The molecule has 2 rings (SSSR count). The van der Waals surface area contributed by atoms with Crippen LogP contribution in [0.3, 0.4) is 0 Å². The van der Waals surface area contributed by atoms with E-state index >= 15 is 0 Å². The lowest BCUT2D eigenvalue weighted by Gasteiger charge is -2.13. The lowest BCUT2D eigenvalue weighted by atomic mass is 10.0. The minimum absolute atomic E-state index is 0.0573. The summed E-state index contributed by atoms with van der Waals surface area (Å²) in [6.07, 6.45) is 0. The Morgan fingerprint density at radius 3 is 1.87 bits per heavy atom. The van der Waals surface area contributed by atoms with Crippen molar-refractivity contribution in [2.45, 2.75) is 48.5 Å². The Hall–Kier alpha value is -2.16. The molecule has 0 radical (unpaired) electrons. The first-order chi connectivity index (χ1) is 11.0. The quantitative estimate of drug-likeness (QED) is 0.717. The molecule has 2 aromatic rings. The first-order valence-corrected chi connectivity index (χ1v) is 8.13. The highest BCUT2D eigenvalue weighted by Crippen LogP contribution is 2.23. The first kappa shape index (κ1) is 20.8. The Kier molecular flexibility index (Phi) is 9.56. The molecule has 1 amide bonds. The number of anilines is 1. The van der Waals surface area contributed by atoms with Crippen molar-refractivity contribution in [1.82, 2.24) is 0 Å². The maximum atomic E-state index is 13.5. The van der Waals surface area contributed by atoms with Crippen molar-refractivity contribution in [3.63, 3.8) is 0 Å². The number of nitrogens with one attached hydrogen (secondary N) is 1. The van der Waals surface area contributed by atoms with Crippen LogP contribution in [0.25, 0.3) is 0 Å². The number of carbonyl (C=O) groups excluding carboxylic acids is 1. The summed E-state index contributed by atoms with van der Waals surface area (Å²) in [6.45, 7) is 13.9. The summed E-state index contributed by atoms with van der Waals surface area (Å²) in [6, 6.07) is 9.95. The van der Waals surface area contributed by atoms with Crippen LogP contribution >= 0.6 is 0 Å². The Bertz CT molecular complexity index is 612. The van der Waals surface area contributed by atoms with E-state index in [0.717, 1.165) is 22.4 Å². The van der Waals surface area contributed by atoms with Crippen LogP contribution in [0.15, 0.2) is 36.4 Å². The van der Waals surface area contributed by atoms with E-state index in [0.29, 0.717) is 0 Å². The van der Waals surface area contributed by atoms with Crippen LogP contribution in [0.5, 0.6) is 0 Å². The normalized spacial score (nSPS) is 9.04. The molecule has 23 heavy (non-hydrogen) atoms. The van der Waals surface area contributed by atoms with Crippen molar-refractivity contribution < 1.29 is 9.18 Å². The highest BCUT2D eigenvalue weighted by molar-refractivity contribution is 6.05. The van der Waals surface area contributed by atoms with Crippen molar-refractivity contribution in [2.75, 3.05) is 5.32 Å². The van der Waals surface area contributed by atoms with Gasteiger partial charge in [-0.05, 0) is 44.0 Å². The zero-order valence-corrected chi connectivity index (χ0v) is 15.3. The molecule has 0 saturated carbocycles. The highest BCUT2D eigenvalue weighted by Gasteiger charge is 2.13. The molecule has 0 bridgehead atoms. The van der Waals surface area contributed by atoms with E-state index in [-0.39, 0.29) is 5.56 Å². The molecule has 126 valence electrons. The van der Waals surface area contributed by atoms with Crippen molar-refractivity contribution >= 4 is 11.6 Å². The molecular formula is C20H28FNO. The van der Waals surface area contributed by atoms with Crippen LogP contribution in [-0.2, 0) is 0 Å². The summed E-state index contributed by atoms with van der Waals surface area (Å²) in [4.78, 5) is 12.1. The summed E-state index contributed by atoms with van der Waals surface area (Å²) in [5.74, 6) is -0.935. The van der Waals surface area contributed by atoms with Crippen molar-refractivity contribution in [2.24, 2.45) is 0 Å². The molecule has 0 heterocycles. The minimum Gasteiger partial charge on any atom is -0.321 e. The summed E-state index contributed by atoms with van der Waals surface area (Å²) in [5, 5.41) is 2.78. The Morgan fingerprint density at radius 2 is 1.39 bits per heavy atom. The topological polar surface area (TPSA) is 29.1 Å². The second-order valence-electron chi connectivity index (χ2n) is 4.71. The fourth-order valence-corrected chi connectivity index (χ4v) is 2.20. The van der Waals surface area contributed by atoms with E-state index in [9.17, 15) is 9.18 Å². The molecule has 0 aliphatic rings. The van der Waals surface area contributed by atoms with Crippen molar-refractivity contribution in [3.05, 3.63) is 64.5 Å². The standard InChI is InChI=1S/C16H16FNO.2C2H6/c1-10-8-11(2)15(12(3)9-10)18-16(19)13-6-4-5-7-14(13)17;2*1-2/h4-9H,1-3H3,(H,18,19);2*1-2H3. The highest BCUT2D eigenvalue weighted by atomic mass is 19.1. The second-order valence-corrected chi connectivity index (χ2v) is 4.71. The molecular weight excluding hydrogens is 289 g/mol. The molecule has 0 spiro atoms. The van der Waals surface area contributed by atoms with Gasteiger partial charge in [-0.2, -0.15) is 0 Å². The van der Waals surface area contributed by atoms with Crippen molar-refractivity contribution in [3.8, 4) is 0 Å². The third kappa shape index (κ3) is 5.85. The summed E-state index contributed by atoms with van der Waals surface area (Å²) in [5.41, 5.74) is 3.89. The van der Waals surface area contributed by atoms with Gasteiger partial charge in [-0.1, -0.05) is 57.5 Å². The number of rotatable bonds is 2. The van der Waals surface area contributed by atoms with Crippen LogP contribution < -0.4 is 5.32 Å². The van der Waals surface area contributed by atoms with Crippen LogP contribution in [0.4, 0.5) is 10.1 Å². The van der Waals surface area contributed by atoms with Crippen LogP contribution in [0, 0.1) is 26.6 Å². The zero-order chi connectivity index (χ0) is 18.0. The number of amides is 1. The van der Waals surface area contributed by atoms with Gasteiger partial charge in [0.2, 0.25) is 0 Å². The molecule has 0 aromatic heterocycles. The van der Waals surface area contributed by atoms with Gasteiger partial charge in [-0.25, -0.2) is 4.39 Å². The summed E-state index contributed by atoms with van der Waals surface area (Å²) in [7, 11) is 0. The zero-order valence-electron chi connectivity index (χ0n) is 15.3. The van der Waals surface area contributed by atoms with Gasteiger partial charge in [0.05, 0.1) is 5.56 Å². The number of hydrogen-bond donors (Lipinski definition) is 1. The summed E-state index contributed by atoms with van der Waals surface area (Å²) >= 11 is 0. The Labute approximate surface area is 139 Å². The molecule has 2 aromatic carbocycles. The predicted octanol–water partition coefficient (Wildman–Crippen LogP) is 6.06. The molecule has 0 aliphatic carbocycles. The van der Waals surface area contributed by atoms with Crippen molar-refractivity contribution in [1.29, 1.82) is 0 Å². The van der Waals surface area contributed by atoms with Gasteiger partial charge in [0, 0.05) is 5.69 Å². The molecule has 0 fully saturated rings. The average molecular weight is 317 g/mol. The maximum Gasteiger partial charge on any atom is 0.258 e. The Balaban J connectivity index is 0.00000112. The van der Waals surface area contributed by atoms with Crippen LogP contribution in [-0.4, -0.2) is 5.91 Å². The van der Waals surface area contributed by atoms with Crippen LogP contribution in [0.1, 0.15) is 54.7 Å². The summed E-state index contributed by atoms with van der Waals surface area (Å²) < 4.78 is 13.5. The van der Waals surface area contributed by atoms with Gasteiger partial charge in [-0.3, -0.25) is 4.79 Å². The first-order valence-electron chi connectivity index (χ1n) is 8.13. The van der Waals surface area contributed by atoms with E-state index in [4.69, 9.17) is 0 Å². The average Bonchev–Trinajstić information content (AvgIpc) is 2.55. The van der Waals surface area contributed by atoms with E-state index in [1.54, 1.807) is 12.1 Å². The molecule has 0 saturated heterocycles. The lowest BCUT2D eigenvalue weighted by Crippen LogP contribution is -2.15. The molecule has 3 heteroatoms. The van der Waals surface area contributed by atoms with Gasteiger partial charge < -0.3 is 5.32 Å². The fourth-order valence-electron chi connectivity index (χ4n) is 2.20. The van der Waals surface area contributed by atoms with E-state index in [1.165, 1.54) is 12.1 Å². The monoisotopic (exact) mass is 317 g/mol. The van der Waals surface area contributed by atoms with Gasteiger partial charge in [0.25, 0.3) is 5.91 Å². The third-order valence-corrected chi connectivity index (χ3v) is 3.03. The van der Waals surface area contributed by atoms with Gasteiger partial charge in [0.15, 0.2) is 0 Å². The predicted molar refractivity (Wildman–Crippen MR) is 97.7 cm³/mol. The smallest absolute Gasteiger partial charge is 0.258 e. The van der Waals surface area contributed by atoms with Gasteiger partial charge in [0.1, 0.15) is 5.82 Å². The second kappa shape index (κ2) is 10.5. The largest absolute Gasteiger partial charge is 0.321 e. The molecule has 1 N–H and O–H groups in total. The number of hydrogen-bond acceptors (Lipinski definition) is 1. The number of carbonyl (C=O) groups is 1. The number of benzene rings is 2. The molecule has 0 atom stereocenters. The SMILES string of the molecule is CC.CC.Cc1cc(C)c(NC(=O)c2ccccc2F)c(C)c1. The van der Waals surface area contributed by atoms with E-state index in [1.807, 2.05) is 60.6 Å². The number of halogens is 1. The fraction of sp³-hybridized carbons (Fsp3) is 0.350. The van der Waals surface area contributed by atoms with Crippen LogP contribution in [0.2, 0.25) is 0 Å². The third-order valence-electron chi connectivity index (χ3n) is 3.03. The molecule has 2 nitrogen and oxygen atoms in total. The minimum atomic E-state index is -0.512. The molecule has 0 unspecified atom stereocenters. The van der Waals surface area contributed by atoms with Gasteiger partial charge in [-0.15, -0.1) is 0 Å². The Morgan fingerprint density at radius 1 is 0.913 bits per heavy atom. The van der Waals surface area contributed by atoms with Gasteiger partial charge >= 0.3 is 0 Å².